The number of anilines is 1. The van der Waals surface area contributed by atoms with E-state index in [2.05, 4.69) is 5.32 Å². The monoisotopic (exact) mass is 280 g/mol. The van der Waals surface area contributed by atoms with Gasteiger partial charge in [0, 0.05) is 17.5 Å². The average molecular weight is 280 g/mol. The van der Waals surface area contributed by atoms with Crippen molar-refractivity contribution in [3.8, 4) is 0 Å². The third-order valence-electron chi connectivity index (χ3n) is 4.15. The van der Waals surface area contributed by atoms with Gasteiger partial charge >= 0.3 is 0 Å². The van der Waals surface area contributed by atoms with Crippen LogP contribution >= 0.6 is 0 Å². The summed E-state index contributed by atoms with van der Waals surface area (Å²) in [4.78, 5) is 11.1. The molecule has 1 aromatic carbocycles. The summed E-state index contributed by atoms with van der Waals surface area (Å²) >= 11 is 0. The number of nitrogens with two attached hydrogens (primary N) is 1. The number of hydrogen-bond donors (Lipinski definition) is 3. The molecule has 0 spiro atoms. The molecule has 1 aliphatic carbocycles. The van der Waals surface area contributed by atoms with Gasteiger partial charge < -0.3 is 16.2 Å². The van der Waals surface area contributed by atoms with Crippen molar-refractivity contribution in [2.24, 2.45) is 11.1 Å². The first-order chi connectivity index (χ1) is 9.56. The van der Waals surface area contributed by atoms with E-state index in [0.717, 1.165) is 25.7 Å². The first kappa shape index (κ1) is 14.8. The summed E-state index contributed by atoms with van der Waals surface area (Å²) < 4.78 is 13.7. The average Bonchev–Trinajstić information content (AvgIpc) is 2.47. The number of benzene rings is 1. The molecule has 5 heteroatoms. The van der Waals surface area contributed by atoms with Gasteiger partial charge in [0.2, 0.25) is 5.91 Å². The maximum atomic E-state index is 13.7. The van der Waals surface area contributed by atoms with Crippen molar-refractivity contribution in [2.75, 3.05) is 18.5 Å². The van der Waals surface area contributed by atoms with E-state index in [1.165, 1.54) is 24.6 Å². The number of carbonyl (C=O) groups excluding carboxylic acids is 1. The molecular formula is C15H21FN2O2. The molecular weight excluding hydrogens is 259 g/mol. The fourth-order valence-electron chi connectivity index (χ4n) is 2.79. The van der Waals surface area contributed by atoms with Crippen LogP contribution in [0.5, 0.6) is 0 Å². The van der Waals surface area contributed by atoms with Crippen LogP contribution in [0, 0.1) is 11.2 Å². The lowest BCUT2D eigenvalue weighted by Gasteiger charge is -2.36. The van der Waals surface area contributed by atoms with Crippen LogP contribution in [-0.4, -0.2) is 24.2 Å². The van der Waals surface area contributed by atoms with Gasteiger partial charge in [-0.25, -0.2) is 4.39 Å². The van der Waals surface area contributed by atoms with E-state index in [1.54, 1.807) is 0 Å². The molecule has 0 saturated heterocycles. The van der Waals surface area contributed by atoms with E-state index in [0.29, 0.717) is 6.54 Å². The van der Waals surface area contributed by atoms with E-state index in [-0.39, 0.29) is 23.3 Å². The Bertz CT molecular complexity index is 485. The Morgan fingerprint density at radius 2 is 2.05 bits per heavy atom. The van der Waals surface area contributed by atoms with Gasteiger partial charge in [0.1, 0.15) is 5.82 Å². The van der Waals surface area contributed by atoms with E-state index in [4.69, 9.17) is 5.73 Å². The van der Waals surface area contributed by atoms with Crippen LogP contribution in [0.2, 0.25) is 0 Å². The first-order valence-electron chi connectivity index (χ1n) is 7.00. The van der Waals surface area contributed by atoms with Crippen molar-refractivity contribution >= 4 is 11.6 Å². The molecule has 0 radical (unpaired) electrons. The number of aliphatic hydroxyl groups is 1. The summed E-state index contributed by atoms with van der Waals surface area (Å²) in [6.45, 7) is 0.597. The van der Waals surface area contributed by atoms with E-state index in [1.807, 2.05) is 0 Å². The van der Waals surface area contributed by atoms with Gasteiger partial charge in [0.05, 0.1) is 12.3 Å². The zero-order valence-electron chi connectivity index (χ0n) is 11.5. The summed E-state index contributed by atoms with van der Waals surface area (Å²) in [5.41, 5.74) is 5.54. The Morgan fingerprint density at radius 3 is 2.65 bits per heavy atom. The number of primary amides is 1. The molecule has 1 fully saturated rings. The Labute approximate surface area is 118 Å². The summed E-state index contributed by atoms with van der Waals surface area (Å²) in [7, 11) is 0. The van der Waals surface area contributed by atoms with Crippen molar-refractivity contribution in [3.05, 3.63) is 29.6 Å². The van der Waals surface area contributed by atoms with Gasteiger partial charge in [0.15, 0.2) is 0 Å². The predicted octanol–water partition coefficient (Wildman–Crippen LogP) is 2.28. The van der Waals surface area contributed by atoms with Crippen molar-refractivity contribution in [1.29, 1.82) is 0 Å². The molecule has 1 aliphatic rings. The molecule has 1 amide bonds. The number of rotatable bonds is 5. The topological polar surface area (TPSA) is 75.4 Å². The Kier molecular flexibility index (Phi) is 4.60. The van der Waals surface area contributed by atoms with Gasteiger partial charge in [-0.3, -0.25) is 4.79 Å². The summed E-state index contributed by atoms with van der Waals surface area (Å²) in [6.07, 6.45) is 5.24. The SMILES string of the molecule is NC(=O)c1ccc(F)c(NCC2(CO)CCCCC2)c1. The molecule has 0 heterocycles. The lowest BCUT2D eigenvalue weighted by atomic mass is 9.74. The van der Waals surface area contributed by atoms with E-state index >= 15 is 0 Å². The second kappa shape index (κ2) is 6.22. The van der Waals surface area contributed by atoms with Gasteiger partial charge in [-0.05, 0) is 31.0 Å². The maximum Gasteiger partial charge on any atom is 0.248 e. The van der Waals surface area contributed by atoms with Crippen LogP contribution in [0.3, 0.4) is 0 Å². The molecule has 0 aromatic heterocycles. The van der Waals surface area contributed by atoms with Gasteiger partial charge in [-0.1, -0.05) is 19.3 Å². The van der Waals surface area contributed by atoms with Crippen molar-refractivity contribution in [1.82, 2.24) is 0 Å². The lowest BCUT2D eigenvalue weighted by molar-refractivity contribution is 0.0943. The number of nitrogens with one attached hydrogen (secondary N) is 1. The van der Waals surface area contributed by atoms with Crippen molar-refractivity contribution in [3.63, 3.8) is 0 Å². The molecule has 2 rings (SSSR count). The third-order valence-corrected chi connectivity index (χ3v) is 4.15. The Morgan fingerprint density at radius 1 is 1.35 bits per heavy atom. The van der Waals surface area contributed by atoms with Gasteiger partial charge in [0.25, 0.3) is 0 Å². The zero-order valence-corrected chi connectivity index (χ0v) is 11.5. The standard InChI is InChI=1S/C15H21FN2O2/c16-12-5-4-11(14(17)20)8-13(12)18-9-15(10-19)6-2-1-3-7-15/h4-5,8,18-19H,1-3,6-7,9-10H2,(H2,17,20). The number of hydrogen-bond acceptors (Lipinski definition) is 3. The third kappa shape index (κ3) is 3.28. The molecule has 0 atom stereocenters. The molecule has 4 nitrogen and oxygen atoms in total. The molecule has 0 unspecified atom stereocenters. The highest BCUT2D eigenvalue weighted by Crippen LogP contribution is 2.36. The normalized spacial score (nSPS) is 17.7. The molecule has 0 bridgehead atoms. The van der Waals surface area contributed by atoms with Crippen molar-refractivity contribution < 1.29 is 14.3 Å². The largest absolute Gasteiger partial charge is 0.396 e. The predicted molar refractivity (Wildman–Crippen MR) is 76.0 cm³/mol. The summed E-state index contributed by atoms with van der Waals surface area (Å²) in [5.74, 6) is -0.999. The Balaban J connectivity index is 2.09. The number of aliphatic hydroxyl groups excluding tert-OH is 1. The van der Waals surface area contributed by atoms with Crippen LogP contribution in [0.15, 0.2) is 18.2 Å². The highest BCUT2D eigenvalue weighted by molar-refractivity contribution is 5.93. The highest BCUT2D eigenvalue weighted by Gasteiger charge is 2.31. The van der Waals surface area contributed by atoms with Crippen LogP contribution in [0.1, 0.15) is 42.5 Å². The van der Waals surface area contributed by atoms with Crippen LogP contribution in [0.25, 0.3) is 0 Å². The molecule has 110 valence electrons. The number of halogens is 1. The molecule has 20 heavy (non-hydrogen) atoms. The van der Waals surface area contributed by atoms with Crippen LogP contribution < -0.4 is 11.1 Å². The summed E-state index contributed by atoms with van der Waals surface area (Å²) in [5, 5.41) is 12.7. The maximum absolute atomic E-state index is 13.7. The quantitative estimate of drug-likeness (QED) is 0.774. The number of carbonyl (C=O) groups is 1. The second-order valence-corrected chi connectivity index (χ2v) is 5.63. The van der Waals surface area contributed by atoms with Crippen molar-refractivity contribution in [2.45, 2.75) is 32.1 Å². The minimum atomic E-state index is -0.581. The molecule has 1 aromatic rings. The molecule has 4 N–H and O–H groups in total. The van der Waals surface area contributed by atoms with Gasteiger partial charge in [-0.15, -0.1) is 0 Å². The second-order valence-electron chi connectivity index (χ2n) is 5.63. The lowest BCUT2D eigenvalue weighted by Crippen LogP contribution is -2.35. The fraction of sp³-hybridized carbons (Fsp3) is 0.533. The number of amides is 1. The zero-order chi connectivity index (χ0) is 14.6. The highest BCUT2D eigenvalue weighted by atomic mass is 19.1. The van der Waals surface area contributed by atoms with E-state index < -0.39 is 11.7 Å². The first-order valence-corrected chi connectivity index (χ1v) is 7.00. The minimum Gasteiger partial charge on any atom is -0.396 e. The molecule has 1 saturated carbocycles. The molecule has 0 aliphatic heterocycles. The fourth-order valence-corrected chi connectivity index (χ4v) is 2.79. The van der Waals surface area contributed by atoms with Gasteiger partial charge in [-0.2, -0.15) is 0 Å². The Hall–Kier alpha value is -1.62. The smallest absolute Gasteiger partial charge is 0.248 e. The minimum absolute atomic E-state index is 0.0944. The summed E-state index contributed by atoms with van der Waals surface area (Å²) in [6, 6.07) is 4.02. The van der Waals surface area contributed by atoms with Crippen LogP contribution in [-0.2, 0) is 0 Å². The van der Waals surface area contributed by atoms with E-state index in [9.17, 15) is 14.3 Å². The van der Waals surface area contributed by atoms with Crippen LogP contribution in [0.4, 0.5) is 10.1 Å².